The van der Waals surface area contributed by atoms with Crippen molar-refractivity contribution in [1.82, 2.24) is 0 Å². The molecule has 0 amide bonds. The summed E-state index contributed by atoms with van der Waals surface area (Å²) in [6.45, 7) is 1.76. The predicted molar refractivity (Wildman–Crippen MR) is 95.9 cm³/mol. The van der Waals surface area contributed by atoms with Gasteiger partial charge in [-0.1, -0.05) is 24.3 Å². The van der Waals surface area contributed by atoms with Gasteiger partial charge in [0.1, 0.15) is 11.5 Å². The Morgan fingerprint density at radius 2 is 1.24 bits per heavy atom. The maximum absolute atomic E-state index is 9.93. The Morgan fingerprint density at radius 3 is 1.72 bits per heavy atom. The summed E-state index contributed by atoms with van der Waals surface area (Å²) in [6, 6.07) is 15.4. The first-order valence-corrected chi connectivity index (χ1v) is 8.30. The Morgan fingerprint density at radius 1 is 0.760 bits per heavy atom. The molecule has 25 heavy (non-hydrogen) atoms. The van der Waals surface area contributed by atoms with Gasteiger partial charge in [0.05, 0.1) is 40.1 Å². The fourth-order valence-electron chi connectivity index (χ4n) is 2.25. The number of hydrogen-bond donors (Lipinski definition) is 1. The largest absolute Gasteiger partial charge is 0.497 e. The molecule has 0 saturated heterocycles. The van der Waals surface area contributed by atoms with Crippen LogP contribution < -0.4 is 9.47 Å². The molecule has 0 aliphatic carbocycles. The van der Waals surface area contributed by atoms with E-state index in [0.717, 1.165) is 22.6 Å². The summed E-state index contributed by atoms with van der Waals surface area (Å²) in [7, 11) is 3.28. The SMILES string of the molecule is COc1ccc(COCC[C@@H](O)COCc2ccc(OC)cc2)cc1. The normalized spacial score (nSPS) is 12.0. The predicted octanol–water partition coefficient (Wildman–Crippen LogP) is 3.19. The molecule has 5 heteroatoms. The number of hydrogen-bond acceptors (Lipinski definition) is 5. The lowest BCUT2D eigenvalue weighted by molar-refractivity contribution is 0.00521. The zero-order chi connectivity index (χ0) is 17.9. The number of rotatable bonds is 11. The summed E-state index contributed by atoms with van der Waals surface area (Å²) < 4.78 is 21.3. The quantitative estimate of drug-likeness (QED) is 0.633. The van der Waals surface area contributed by atoms with Crippen molar-refractivity contribution in [3.8, 4) is 11.5 Å². The van der Waals surface area contributed by atoms with Gasteiger partial charge in [-0.2, -0.15) is 0 Å². The maximum Gasteiger partial charge on any atom is 0.118 e. The highest BCUT2D eigenvalue weighted by atomic mass is 16.5. The number of methoxy groups -OCH3 is 2. The van der Waals surface area contributed by atoms with Crippen molar-refractivity contribution < 1.29 is 24.1 Å². The second-order valence-electron chi connectivity index (χ2n) is 5.71. The van der Waals surface area contributed by atoms with Crippen LogP contribution in [0.1, 0.15) is 17.5 Å². The molecule has 2 aromatic carbocycles. The minimum atomic E-state index is -0.533. The average molecular weight is 346 g/mol. The molecule has 136 valence electrons. The van der Waals surface area contributed by atoms with Crippen LogP contribution in [0.15, 0.2) is 48.5 Å². The van der Waals surface area contributed by atoms with E-state index in [-0.39, 0.29) is 6.61 Å². The zero-order valence-corrected chi connectivity index (χ0v) is 14.8. The second kappa shape index (κ2) is 10.7. The van der Waals surface area contributed by atoms with E-state index < -0.39 is 6.10 Å². The van der Waals surface area contributed by atoms with Gasteiger partial charge in [0, 0.05) is 6.61 Å². The van der Waals surface area contributed by atoms with E-state index >= 15 is 0 Å². The van der Waals surface area contributed by atoms with Crippen LogP contribution in [0.2, 0.25) is 0 Å². The topological polar surface area (TPSA) is 57.2 Å². The number of aliphatic hydroxyl groups excluding tert-OH is 1. The van der Waals surface area contributed by atoms with Crippen LogP contribution in [-0.2, 0) is 22.7 Å². The van der Waals surface area contributed by atoms with Crippen LogP contribution >= 0.6 is 0 Å². The lowest BCUT2D eigenvalue weighted by Crippen LogP contribution is -2.17. The molecule has 1 atom stereocenters. The molecule has 0 saturated carbocycles. The summed E-state index contributed by atoms with van der Waals surface area (Å²) in [5.74, 6) is 1.64. The molecule has 0 aromatic heterocycles. The molecule has 0 fully saturated rings. The van der Waals surface area contributed by atoms with Gasteiger partial charge in [-0.15, -0.1) is 0 Å². The van der Waals surface area contributed by atoms with Crippen LogP contribution in [0.5, 0.6) is 11.5 Å². The molecule has 0 unspecified atom stereocenters. The number of ether oxygens (including phenoxy) is 4. The fraction of sp³-hybridized carbons (Fsp3) is 0.400. The van der Waals surface area contributed by atoms with E-state index in [0.29, 0.717) is 26.2 Å². The summed E-state index contributed by atoms with van der Waals surface area (Å²) in [4.78, 5) is 0. The fourth-order valence-corrected chi connectivity index (χ4v) is 2.25. The third-order valence-electron chi connectivity index (χ3n) is 3.76. The molecule has 0 aliphatic rings. The standard InChI is InChI=1S/C20H26O5/c1-22-19-7-3-16(4-8-19)13-24-12-11-18(21)15-25-14-17-5-9-20(23-2)10-6-17/h3-10,18,21H,11-15H2,1-2H3/t18-/m1/s1. The molecule has 0 bridgehead atoms. The highest BCUT2D eigenvalue weighted by molar-refractivity contribution is 5.27. The molecular weight excluding hydrogens is 320 g/mol. The molecule has 0 aliphatic heterocycles. The van der Waals surface area contributed by atoms with Crippen molar-refractivity contribution in [3.05, 3.63) is 59.7 Å². The number of aliphatic hydroxyl groups is 1. The Hall–Kier alpha value is -2.08. The maximum atomic E-state index is 9.93. The molecule has 0 radical (unpaired) electrons. The van der Waals surface area contributed by atoms with E-state index in [4.69, 9.17) is 18.9 Å². The van der Waals surface area contributed by atoms with E-state index in [1.165, 1.54) is 0 Å². The first-order valence-electron chi connectivity index (χ1n) is 8.30. The van der Waals surface area contributed by atoms with E-state index in [9.17, 15) is 5.11 Å². The van der Waals surface area contributed by atoms with Gasteiger partial charge in [-0.05, 0) is 41.8 Å². The van der Waals surface area contributed by atoms with Crippen molar-refractivity contribution in [2.75, 3.05) is 27.4 Å². The molecule has 0 heterocycles. The van der Waals surface area contributed by atoms with Crippen LogP contribution in [-0.4, -0.2) is 38.6 Å². The first kappa shape index (κ1) is 19.2. The molecule has 2 rings (SSSR count). The smallest absolute Gasteiger partial charge is 0.118 e. The third kappa shape index (κ3) is 7.13. The van der Waals surface area contributed by atoms with Crippen molar-refractivity contribution in [2.45, 2.75) is 25.7 Å². The Labute approximate surface area is 149 Å². The van der Waals surface area contributed by atoms with E-state index in [1.54, 1.807) is 14.2 Å². The minimum absolute atomic E-state index is 0.290. The molecule has 1 N–H and O–H groups in total. The minimum Gasteiger partial charge on any atom is -0.497 e. The average Bonchev–Trinajstić information content (AvgIpc) is 2.66. The molecule has 0 spiro atoms. The second-order valence-corrected chi connectivity index (χ2v) is 5.71. The van der Waals surface area contributed by atoms with Crippen LogP contribution in [0.4, 0.5) is 0 Å². The van der Waals surface area contributed by atoms with Gasteiger partial charge in [0.25, 0.3) is 0 Å². The van der Waals surface area contributed by atoms with Crippen LogP contribution in [0.3, 0.4) is 0 Å². The van der Waals surface area contributed by atoms with Crippen LogP contribution in [0, 0.1) is 0 Å². The van der Waals surface area contributed by atoms with Crippen molar-refractivity contribution in [2.24, 2.45) is 0 Å². The zero-order valence-electron chi connectivity index (χ0n) is 14.8. The van der Waals surface area contributed by atoms with E-state index in [1.807, 2.05) is 48.5 Å². The summed E-state index contributed by atoms with van der Waals surface area (Å²) in [6.07, 6.45) is 0.00722. The number of benzene rings is 2. The molecular formula is C20H26O5. The van der Waals surface area contributed by atoms with Gasteiger partial charge in [0.15, 0.2) is 0 Å². The third-order valence-corrected chi connectivity index (χ3v) is 3.76. The van der Waals surface area contributed by atoms with Crippen molar-refractivity contribution >= 4 is 0 Å². The van der Waals surface area contributed by atoms with Crippen molar-refractivity contribution in [3.63, 3.8) is 0 Å². The first-order chi connectivity index (χ1) is 12.2. The highest BCUT2D eigenvalue weighted by Crippen LogP contribution is 2.13. The lowest BCUT2D eigenvalue weighted by Gasteiger charge is -2.12. The Kier molecular flexibility index (Phi) is 8.25. The molecule has 2 aromatic rings. The summed E-state index contributed by atoms with van der Waals surface area (Å²) in [5, 5.41) is 9.93. The van der Waals surface area contributed by atoms with Gasteiger partial charge in [0.2, 0.25) is 0 Å². The monoisotopic (exact) mass is 346 g/mol. The van der Waals surface area contributed by atoms with E-state index in [2.05, 4.69) is 0 Å². The van der Waals surface area contributed by atoms with Gasteiger partial charge >= 0.3 is 0 Å². The summed E-state index contributed by atoms with van der Waals surface area (Å²) >= 11 is 0. The Bertz CT molecular complexity index is 594. The van der Waals surface area contributed by atoms with Gasteiger partial charge in [-0.25, -0.2) is 0 Å². The highest BCUT2D eigenvalue weighted by Gasteiger charge is 2.05. The van der Waals surface area contributed by atoms with Crippen LogP contribution in [0.25, 0.3) is 0 Å². The molecule has 5 nitrogen and oxygen atoms in total. The van der Waals surface area contributed by atoms with Gasteiger partial charge < -0.3 is 24.1 Å². The lowest BCUT2D eigenvalue weighted by atomic mass is 10.2. The Balaban J connectivity index is 1.56. The van der Waals surface area contributed by atoms with Gasteiger partial charge in [-0.3, -0.25) is 0 Å². The van der Waals surface area contributed by atoms with Crippen molar-refractivity contribution in [1.29, 1.82) is 0 Å². The summed E-state index contributed by atoms with van der Waals surface area (Å²) in [5.41, 5.74) is 2.12.